The molecular formula is C27H23N5O5. The summed E-state index contributed by atoms with van der Waals surface area (Å²) in [5, 5.41) is 17.3. The van der Waals surface area contributed by atoms with Gasteiger partial charge >= 0.3 is 11.7 Å². The molecule has 0 unspecified atom stereocenters. The predicted octanol–water partition coefficient (Wildman–Crippen LogP) is 5.45. The number of hydrogen-bond acceptors (Lipinski definition) is 8. The van der Waals surface area contributed by atoms with Crippen LogP contribution >= 0.6 is 0 Å². The lowest BCUT2D eigenvalue weighted by Gasteiger charge is -2.12. The molecular weight excluding hydrogens is 474 g/mol. The van der Waals surface area contributed by atoms with Crippen molar-refractivity contribution in [1.29, 1.82) is 0 Å². The van der Waals surface area contributed by atoms with Gasteiger partial charge in [-0.2, -0.15) is 0 Å². The van der Waals surface area contributed by atoms with Crippen molar-refractivity contribution >= 4 is 34.9 Å². The molecule has 186 valence electrons. The van der Waals surface area contributed by atoms with Gasteiger partial charge < -0.3 is 15.4 Å². The van der Waals surface area contributed by atoms with Gasteiger partial charge in [-0.15, -0.1) is 0 Å². The Labute approximate surface area is 212 Å². The van der Waals surface area contributed by atoms with Gasteiger partial charge in [0, 0.05) is 17.2 Å². The van der Waals surface area contributed by atoms with E-state index in [4.69, 9.17) is 4.74 Å². The van der Waals surface area contributed by atoms with E-state index in [-0.39, 0.29) is 17.4 Å². The van der Waals surface area contributed by atoms with Crippen LogP contribution in [-0.2, 0) is 4.74 Å². The maximum Gasteiger partial charge on any atom is 0.338 e. The molecule has 10 heteroatoms. The van der Waals surface area contributed by atoms with Crippen LogP contribution in [0.15, 0.2) is 72.8 Å². The van der Waals surface area contributed by atoms with E-state index in [1.54, 1.807) is 38.1 Å². The largest absolute Gasteiger partial charge is 0.465 e. The lowest BCUT2D eigenvalue weighted by Crippen LogP contribution is -2.14. The van der Waals surface area contributed by atoms with Crippen LogP contribution in [0.1, 0.15) is 32.0 Å². The second kappa shape index (κ2) is 10.6. The Hall–Kier alpha value is -5.12. The van der Waals surface area contributed by atoms with E-state index < -0.39 is 10.9 Å². The zero-order valence-electron chi connectivity index (χ0n) is 20.3. The fourth-order valence-corrected chi connectivity index (χ4v) is 3.68. The fourth-order valence-electron chi connectivity index (χ4n) is 3.68. The summed E-state index contributed by atoms with van der Waals surface area (Å²) in [5.74, 6) is -0.472. The molecule has 0 saturated carbocycles. The summed E-state index contributed by atoms with van der Waals surface area (Å²) in [6, 6.07) is 20.2. The molecule has 0 fully saturated rings. The van der Waals surface area contributed by atoms with Crippen LogP contribution in [0.3, 0.4) is 0 Å². The molecule has 0 bridgehead atoms. The molecule has 4 aromatic rings. The zero-order valence-corrected chi connectivity index (χ0v) is 20.3. The normalized spacial score (nSPS) is 10.5. The van der Waals surface area contributed by atoms with Crippen LogP contribution < -0.4 is 10.6 Å². The average molecular weight is 498 g/mol. The minimum Gasteiger partial charge on any atom is -0.465 e. The number of carbonyl (C=O) groups is 2. The maximum absolute atomic E-state index is 12.8. The number of ether oxygens (including phenoxy) is 1. The standard InChI is InChI=1S/C27H23N5O5/c1-16-15-19(9-10-20(16)27(34)37-3)26(33)30-21-12-14-24(28-17(21)2)31-25-23(32(35)36)13-11-22(29-25)18-7-5-4-6-8-18/h4-15H,1-3H3,(H,30,33)(H,28,29,31). The predicted molar refractivity (Wildman–Crippen MR) is 139 cm³/mol. The molecule has 2 aromatic carbocycles. The Morgan fingerprint density at radius 3 is 2.35 bits per heavy atom. The third-order valence-electron chi connectivity index (χ3n) is 5.61. The number of aromatic nitrogens is 2. The number of carbonyl (C=O) groups excluding carboxylic acids is 2. The number of amides is 1. The van der Waals surface area contributed by atoms with E-state index in [2.05, 4.69) is 20.6 Å². The Morgan fingerprint density at radius 2 is 1.70 bits per heavy atom. The maximum atomic E-state index is 12.8. The zero-order chi connectivity index (χ0) is 26.5. The highest BCUT2D eigenvalue weighted by Crippen LogP contribution is 2.29. The molecule has 0 aliphatic rings. The fraction of sp³-hybridized carbons (Fsp3) is 0.111. The van der Waals surface area contributed by atoms with E-state index in [1.165, 1.54) is 25.3 Å². The molecule has 0 spiro atoms. The Bertz CT molecular complexity index is 1500. The first-order valence-electron chi connectivity index (χ1n) is 11.2. The number of nitro groups is 1. The lowest BCUT2D eigenvalue weighted by molar-refractivity contribution is -0.384. The number of nitrogens with one attached hydrogen (secondary N) is 2. The third kappa shape index (κ3) is 5.59. The van der Waals surface area contributed by atoms with Crippen molar-refractivity contribution in [3.05, 3.63) is 105 Å². The molecule has 0 aliphatic heterocycles. The number of nitrogens with zero attached hydrogens (tertiary/aromatic N) is 3. The van der Waals surface area contributed by atoms with Crippen molar-refractivity contribution in [2.75, 3.05) is 17.7 Å². The number of esters is 1. The quantitative estimate of drug-likeness (QED) is 0.195. The molecule has 2 aromatic heterocycles. The first kappa shape index (κ1) is 25.0. The molecule has 2 heterocycles. The highest BCUT2D eigenvalue weighted by Gasteiger charge is 2.18. The first-order chi connectivity index (χ1) is 17.8. The van der Waals surface area contributed by atoms with Gasteiger partial charge in [0.2, 0.25) is 5.82 Å². The number of benzene rings is 2. The number of methoxy groups -OCH3 is 1. The van der Waals surface area contributed by atoms with E-state index in [0.29, 0.717) is 39.6 Å². The number of rotatable bonds is 7. The topological polar surface area (TPSA) is 136 Å². The summed E-state index contributed by atoms with van der Waals surface area (Å²) in [6.45, 7) is 3.42. The molecule has 0 aliphatic carbocycles. The van der Waals surface area contributed by atoms with Crippen LogP contribution in [0.5, 0.6) is 0 Å². The highest BCUT2D eigenvalue weighted by atomic mass is 16.6. The van der Waals surface area contributed by atoms with E-state index >= 15 is 0 Å². The highest BCUT2D eigenvalue weighted by molar-refractivity contribution is 6.05. The molecule has 10 nitrogen and oxygen atoms in total. The molecule has 0 saturated heterocycles. The summed E-state index contributed by atoms with van der Waals surface area (Å²) in [4.78, 5) is 44.5. The van der Waals surface area contributed by atoms with Crippen LogP contribution in [0, 0.1) is 24.0 Å². The van der Waals surface area contributed by atoms with Crippen molar-refractivity contribution in [3.8, 4) is 11.3 Å². The molecule has 0 atom stereocenters. The van der Waals surface area contributed by atoms with Gasteiger partial charge in [0.15, 0.2) is 0 Å². The van der Waals surface area contributed by atoms with Gasteiger partial charge in [0.1, 0.15) is 5.82 Å². The smallest absolute Gasteiger partial charge is 0.338 e. The van der Waals surface area contributed by atoms with Crippen molar-refractivity contribution in [1.82, 2.24) is 9.97 Å². The SMILES string of the molecule is COC(=O)c1ccc(C(=O)Nc2ccc(Nc3nc(-c4ccccc4)ccc3[N+](=O)[O-])nc2C)cc1C. The third-order valence-corrected chi connectivity index (χ3v) is 5.61. The number of anilines is 3. The summed E-state index contributed by atoms with van der Waals surface area (Å²) in [6.07, 6.45) is 0. The van der Waals surface area contributed by atoms with Gasteiger partial charge in [-0.3, -0.25) is 14.9 Å². The monoisotopic (exact) mass is 497 g/mol. The van der Waals surface area contributed by atoms with Gasteiger partial charge in [0.25, 0.3) is 5.91 Å². The molecule has 2 N–H and O–H groups in total. The molecule has 4 rings (SSSR count). The second-order valence-corrected chi connectivity index (χ2v) is 8.12. The van der Waals surface area contributed by atoms with Gasteiger partial charge in [-0.05, 0) is 55.8 Å². The molecule has 0 radical (unpaired) electrons. The Balaban J connectivity index is 1.55. The molecule has 1 amide bonds. The van der Waals surface area contributed by atoms with Gasteiger partial charge in [-0.1, -0.05) is 30.3 Å². The summed E-state index contributed by atoms with van der Waals surface area (Å²) in [7, 11) is 1.30. The van der Waals surface area contributed by atoms with Crippen molar-refractivity contribution in [2.24, 2.45) is 0 Å². The molecule has 37 heavy (non-hydrogen) atoms. The van der Waals surface area contributed by atoms with E-state index in [0.717, 1.165) is 5.56 Å². The van der Waals surface area contributed by atoms with Gasteiger partial charge in [-0.25, -0.2) is 14.8 Å². The van der Waals surface area contributed by atoms with E-state index in [9.17, 15) is 19.7 Å². The first-order valence-corrected chi connectivity index (χ1v) is 11.2. The Morgan fingerprint density at radius 1 is 0.946 bits per heavy atom. The Kier molecular flexibility index (Phi) is 7.19. The van der Waals surface area contributed by atoms with Crippen molar-refractivity contribution < 1.29 is 19.2 Å². The minimum atomic E-state index is -0.515. The minimum absolute atomic E-state index is 0.0520. The van der Waals surface area contributed by atoms with E-state index in [1.807, 2.05) is 30.3 Å². The lowest BCUT2D eigenvalue weighted by atomic mass is 10.0. The van der Waals surface area contributed by atoms with Crippen LogP contribution in [0.4, 0.5) is 23.0 Å². The van der Waals surface area contributed by atoms with Crippen LogP contribution in [0.2, 0.25) is 0 Å². The summed E-state index contributed by atoms with van der Waals surface area (Å²) < 4.78 is 4.74. The number of hydrogen-bond donors (Lipinski definition) is 2. The van der Waals surface area contributed by atoms with Crippen molar-refractivity contribution in [3.63, 3.8) is 0 Å². The van der Waals surface area contributed by atoms with Crippen LogP contribution in [0.25, 0.3) is 11.3 Å². The summed E-state index contributed by atoms with van der Waals surface area (Å²) >= 11 is 0. The van der Waals surface area contributed by atoms with Crippen LogP contribution in [-0.4, -0.2) is 33.9 Å². The number of aryl methyl sites for hydroxylation is 2. The number of pyridine rings is 2. The van der Waals surface area contributed by atoms with Crippen molar-refractivity contribution in [2.45, 2.75) is 13.8 Å². The average Bonchev–Trinajstić information content (AvgIpc) is 2.90. The van der Waals surface area contributed by atoms with Gasteiger partial charge in [0.05, 0.1) is 34.7 Å². The summed E-state index contributed by atoms with van der Waals surface area (Å²) in [5.41, 5.74) is 3.51. The second-order valence-electron chi connectivity index (χ2n) is 8.12.